The molecule has 0 unspecified atom stereocenters. The first kappa shape index (κ1) is 26.1. The fourth-order valence-corrected chi connectivity index (χ4v) is 4.48. The Morgan fingerprint density at radius 2 is 1.76 bits per heavy atom. The maximum absolute atomic E-state index is 13.2. The van der Waals surface area contributed by atoms with Gasteiger partial charge in [-0.3, -0.25) is 4.79 Å². The molecule has 0 saturated carbocycles. The van der Waals surface area contributed by atoms with Crippen LogP contribution in [-0.4, -0.2) is 72.5 Å². The number of anilines is 2. The van der Waals surface area contributed by atoms with Crippen molar-refractivity contribution in [3.63, 3.8) is 0 Å². The van der Waals surface area contributed by atoms with Gasteiger partial charge in [-0.15, -0.1) is 0 Å². The van der Waals surface area contributed by atoms with Crippen LogP contribution in [-0.2, 0) is 11.3 Å². The van der Waals surface area contributed by atoms with E-state index in [0.29, 0.717) is 55.6 Å². The molecule has 2 amide bonds. The van der Waals surface area contributed by atoms with Gasteiger partial charge in [-0.2, -0.15) is 0 Å². The second kappa shape index (κ2) is 10.6. The second-order valence-electron chi connectivity index (χ2n) is 9.82. The lowest BCUT2D eigenvalue weighted by Crippen LogP contribution is -2.50. The monoisotopic (exact) mass is 509 g/mol. The number of benzene rings is 1. The number of rotatable bonds is 6. The van der Waals surface area contributed by atoms with Crippen LogP contribution >= 0.6 is 0 Å². The number of nitrogens with one attached hydrogen (secondary N) is 1. The Kier molecular flexibility index (Phi) is 7.47. The Morgan fingerprint density at radius 1 is 1.03 bits per heavy atom. The highest BCUT2D eigenvalue weighted by molar-refractivity contribution is 6.07. The maximum Gasteiger partial charge on any atom is 0.410 e. The van der Waals surface area contributed by atoms with Crippen LogP contribution in [0.2, 0.25) is 0 Å². The number of aromatic nitrogens is 2. The van der Waals surface area contributed by atoms with Gasteiger partial charge in [0.25, 0.3) is 5.91 Å². The van der Waals surface area contributed by atoms with Gasteiger partial charge in [0.05, 0.1) is 31.6 Å². The van der Waals surface area contributed by atoms with E-state index >= 15 is 0 Å². The molecule has 10 nitrogen and oxygen atoms in total. The molecule has 1 N–H and O–H groups in total. The van der Waals surface area contributed by atoms with Crippen molar-refractivity contribution >= 4 is 34.4 Å². The number of ether oxygens (including phenoxy) is 3. The predicted octanol–water partition coefficient (Wildman–Crippen LogP) is 4.38. The second-order valence-corrected chi connectivity index (χ2v) is 9.82. The molecule has 1 saturated heterocycles. The van der Waals surface area contributed by atoms with Crippen LogP contribution in [0.4, 0.5) is 16.3 Å². The summed E-state index contributed by atoms with van der Waals surface area (Å²) in [7, 11) is 3.18. The third kappa shape index (κ3) is 5.58. The highest BCUT2D eigenvalue weighted by Gasteiger charge is 2.26. The number of methoxy groups -OCH3 is 2. The van der Waals surface area contributed by atoms with E-state index in [0.717, 1.165) is 16.7 Å². The van der Waals surface area contributed by atoms with Crippen LogP contribution in [0.15, 0.2) is 36.5 Å². The molecule has 0 bridgehead atoms. The zero-order valence-electron chi connectivity index (χ0n) is 22.3. The summed E-state index contributed by atoms with van der Waals surface area (Å²) in [5.41, 5.74) is 1.50. The number of fused-ring (bicyclic) bond motifs is 1. The average Bonchev–Trinajstić information content (AvgIpc) is 3.26. The fourth-order valence-electron chi connectivity index (χ4n) is 4.48. The minimum atomic E-state index is -0.513. The SMILES string of the molecule is CCn1c(C(=O)Nc2ccc(N3CCN(C(=O)OC(C)(C)C)CC3)nc2)cc2c(OC)c(OC)ccc21. The molecule has 198 valence electrons. The summed E-state index contributed by atoms with van der Waals surface area (Å²) in [6, 6.07) is 9.30. The molecule has 3 heterocycles. The number of amides is 2. The smallest absolute Gasteiger partial charge is 0.410 e. The Balaban J connectivity index is 1.43. The molecule has 10 heteroatoms. The van der Waals surface area contributed by atoms with Crippen LogP contribution in [0, 0.1) is 0 Å². The third-order valence-electron chi connectivity index (χ3n) is 6.23. The molecule has 0 radical (unpaired) electrons. The van der Waals surface area contributed by atoms with E-state index in [1.807, 2.05) is 62.6 Å². The van der Waals surface area contributed by atoms with E-state index in [-0.39, 0.29) is 12.0 Å². The standard InChI is InChI=1S/C27H35N5O5/c1-7-32-20-9-10-22(35-5)24(36-6)19(20)16-21(32)25(33)29-18-8-11-23(28-17-18)30-12-14-31(15-13-30)26(34)37-27(2,3)4/h8-11,16-17H,7,12-15H2,1-6H3,(H,29,33). The molecule has 0 spiro atoms. The molecule has 2 aromatic heterocycles. The molecule has 0 atom stereocenters. The lowest BCUT2D eigenvalue weighted by atomic mass is 10.2. The normalized spacial score (nSPS) is 14.0. The molecule has 1 aliphatic rings. The third-order valence-corrected chi connectivity index (χ3v) is 6.23. The molecule has 0 aliphatic carbocycles. The van der Waals surface area contributed by atoms with E-state index in [2.05, 4.69) is 15.2 Å². The average molecular weight is 510 g/mol. The van der Waals surface area contributed by atoms with Crippen molar-refractivity contribution < 1.29 is 23.8 Å². The van der Waals surface area contributed by atoms with Gasteiger partial charge in [-0.25, -0.2) is 9.78 Å². The lowest BCUT2D eigenvalue weighted by molar-refractivity contribution is 0.0240. The number of carbonyl (C=O) groups excluding carboxylic acids is 2. The van der Waals surface area contributed by atoms with Crippen molar-refractivity contribution in [1.29, 1.82) is 0 Å². The zero-order chi connectivity index (χ0) is 26.7. The van der Waals surface area contributed by atoms with Crippen molar-refractivity contribution in [3.8, 4) is 11.5 Å². The van der Waals surface area contributed by atoms with Gasteiger partial charge in [-0.05, 0) is 58.0 Å². The van der Waals surface area contributed by atoms with Gasteiger partial charge in [-0.1, -0.05) is 0 Å². The number of hydrogen-bond donors (Lipinski definition) is 1. The number of carbonyl (C=O) groups is 2. The predicted molar refractivity (Wildman–Crippen MR) is 143 cm³/mol. The van der Waals surface area contributed by atoms with Crippen LogP contribution < -0.4 is 19.7 Å². The number of piperazine rings is 1. The summed E-state index contributed by atoms with van der Waals surface area (Å²) in [6.45, 7) is 10.6. The number of nitrogens with zero attached hydrogens (tertiary/aromatic N) is 4. The summed E-state index contributed by atoms with van der Waals surface area (Å²) in [4.78, 5) is 33.9. The fraction of sp³-hybridized carbons (Fsp3) is 0.444. The minimum absolute atomic E-state index is 0.236. The summed E-state index contributed by atoms with van der Waals surface area (Å²) < 4.78 is 18.4. The first-order chi connectivity index (χ1) is 17.6. The quantitative estimate of drug-likeness (QED) is 0.526. The van der Waals surface area contributed by atoms with E-state index in [4.69, 9.17) is 14.2 Å². The van der Waals surface area contributed by atoms with Gasteiger partial charge >= 0.3 is 6.09 Å². The van der Waals surface area contributed by atoms with Crippen LogP contribution in [0.3, 0.4) is 0 Å². The number of pyridine rings is 1. The molecule has 1 fully saturated rings. The van der Waals surface area contributed by atoms with Gasteiger partial charge < -0.3 is 33.9 Å². The van der Waals surface area contributed by atoms with Crippen LogP contribution in [0.25, 0.3) is 10.9 Å². The minimum Gasteiger partial charge on any atom is -0.493 e. The van der Waals surface area contributed by atoms with Crippen molar-refractivity contribution in [2.45, 2.75) is 39.8 Å². The highest BCUT2D eigenvalue weighted by atomic mass is 16.6. The molecule has 4 rings (SSSR count). The Morgan fingerprint density at radius 3 is 2.32 bits per heavy atom. The first-order valence-corrected chi connectivity index (χ1v) is 12.4. The van der Waals surface area contributed by atoms with Crippen molar-refractivity contribution in [3.05, 3.63) is 42.2 Å². The first-order valence-electron chi connectivity index (χ1n) is 12.4. The largest absolute Gasteiger partial charge is 0.493 e. The Hall–Kier alpha value is -3.95. The Bertz CT molecular complexity index is 1270. The van der Waals surface area contributed by atoms with Crippen molar-refractivity contribution in [1.82, 2.24) is 14.5 Å². The van der Waals surface area contributed by atoms with E-state index < -0.39 is 5.60 Å². The van der Waals surface area contributed by atoms with E-state index in [9.17, 15) is 9.59 Å². The molecule has 3 aromatic rings. The summed E-state index contributed by atoms with van der Waals surface area (Å²) in [5.74, 6) is 1.77. The van der Waals surface area contributed by atoms with E-state index in [1.54, 1.807) is 25.3 Å². The van der Waals surface area contributed by atoms with Gasteiger partial charge in [0.15, 0.2) is 11.5 Å². The summed E-state index contributed by atoms with van der Waals surface area (Å²) >= 11 is 0. The highest BCUT2D eigenvalue weighted by Crippen LogP contribution is 2.37. The van der Waals surface area contributed by atoms with Crippen molar-refractivity contribution in [2.24, 2.45) is 0 Å². The van der Waals surface area contributed by atoms with Crippen LogP contribution in [0.1, 0.15) is 38.2 Å². The van der Waals surface area contributed by atoms with Gasteiger partial charge in [0.1, 0.15) is 17.1 Å². The molecule has 1 aliphatic heterocycles. The topological polar surface area (TPSA) is 98.2 Å². The number of aryl methyl sites for hydroxylation is 1. The van der Waals surface area contributed by atoms with Gasteiger partial charge in [0, 0.05) is 38.1 Å². The lowest BCUT2D eigenvalue weighted by Gasteiger charge is -2.36. The number of hydrogen-bond acceptors (Lipinski definition) is 7. The molecule has 1 aromatic carbocycles. The van der Waals surface area contributed by atoms with Crippen molar-refractivity contribution in [2.75, 3.05) is 50.6 Å². The van der Waals surface area contributed by atoms with Crippen LogP contribution in [0.5, 0.6) is 11.5 Å². The summed E-state index contributed by atoms with van der Waals surface area (Å²) in [6.07, 6.45) is 1.36. The molecular formula is C27H35N5O5. The maximum atomic E-state index is 13.2. The zero-order valence-corrected chi connectivity index (χ0v) is 22.3. The summed E-state index contributed by atoms with van der Waals surface area (Å²) in [5, 5.41) is 3.76. The van der Waals surface area contributed by atoms with E-state index in [1.165, 1.54) is 0 Å². The Labute approximate surface area is 217 Å². The molecular weight excluding hydrogens is 474 g/mol. The molecule has 37 heavy (non-hydrogen) atoms. The van der Waals surface area contributed by atoms with Gasteiger partial charge in [0.2, 0.25) is 0 Å².